The van der Waals surface area contributed by atoms with E-state index in [1.54, 1.807) is 4.90 Å². The molecule has 0 unspecified atom stereocenters. The van der Waals surface area contributed by atoms with Crippen LogP contribution >= 0.6 is 15.9 Å². The second-order valence-corrected chi connectivity index (χ2v) is 7.81. The zero-order chi connectivity index (χ0) is 17.3. The van der Waals surface area contributed by atoms with E-state index < -0.39 is 5.60 Å². The molecular weight excluding hydrogens is 372 g/mol. The maximum atomic E-state index is 12.6. The average molecular weight is 395 g/mol. The highest BCUT2D eigenvalue weighted by Gasteiger charge is 2.45. The summed E-state index contributed by atoms with van der Waals surface area (Å²) in [6.45, 7) is 2.70. The van der Waals surface area contributed by atoms with Gasteiger partial charge in [-0.05, 0) is 50.3 Å². The van der Waals surface area contributed by atoms with E-state index in [0.29, 0.717) is 19.4 Å². The zero-order valence-corrected chi connectivity index (χ0v) is 15.4. The molecule has 0 aromatic heterocycles. The smallest absolute Gasteiger partial charge is 0.410 e. The molecular formula is C18H23BrN2O3. The van der Waals surface area contributed by atoms with Gasteiger partial charge in [0.2, 0.25) is 5.91 Å². The van der Waals surface area contributed by atoms with Crippen LogP contribution in [0.1, 0.15) is 50.6 Å². The summed E-state index contributed by atoms with van der Waals surface area (Å²) < 4.78 is 6.87. The van der Waals surface area contributed by atoms with E-state index >= 15 is 0 Å². The largest absolute Gasteiger partial charge is 0.443 e. The second kappa shape index (κ2) is 6.75. The fourth-order valence-corrected chi connectivity index (χ4v) is 4.03. The van der Waals surface area contributed by atoms with Crippen molar-refractivity contribution in [3.8, 4) is 0 Å². The number of carbonyl (C=O) groups is 2. The molecule has 0 bridgehead atoms. The van der Waals surface area contributed by atoms with Crippen molar-refractivity contribution >= 4 is 27.9 Å². The van der Waals surface area contributed by atoms with Crippen LogP contribution in [0.5, 0.6) is 0 Å². The van der Waals surface area contributed by atoms with Crippen LogP contribution in [-0.2, 0) is 9.53 Å². The first-order valence-electron chi connectivity index (χ1n) is 8.45. The summed E-state index contributed by atoms with van der Waals surface area (Å²) in [6.07, 6.45) is 3.44. The minimum Gasteiger partial charge on any atom is -0.443 e. The van der Waals surface area contributed by atoms with Gasteiger partial charge in [-0.15, -0.1) is 0 Å². The number of hydrogen-bond acceptors (Lipinski definition) is 3. The number of rotatable bonds is 3. The lowest BCUT2D eigenvalue weighted by molar-refractivity contribution is -0.126. The number of nitrogens with two attached hydrogens (primary N) is 1. The Labute approximate surface area is 150 Å². The predicted octanol–water partition coefficient (Wildman–Crippen LogP) is 3.77. The van der Waals surface area contributed by atoms with E-state index in [9.17, 15) is 9.59 Å². The number of nitrogens with zero attached hydrogens (tertiary/aromatic N) is 1. The Hall–Kier alpha value is -1.56. The Kier molecular flexibility index (Phi) is 4.85. The highest BCUT2D eigenvalue weighted by atomic mass is 79.9. The van der Waals surface area contributed by atoms with Gasteiger partial charge in [0, 0.05) is 23.4 Å². The van der Waals surface area contributed by atoms with Crippen molar-refractivity contribution in [1.82, 2.24) is 4.90 Å². The van der Waals surface area contributed by atoms with Gasteiger partial charge in [-0.25, -0.2) is 4.79 Å². The minimum absolute atomic E-state index is 0.0232. The van der Waals surface area contributed by atoms with Gasteiger partial charge < -0.3 is 15.4 Å². The van der Waals surface area contributed by atoms with E-state index in [0.717, 1.165) is 29.3 Å². The second-order valence-electron chi connectivity index (χ2n) is 6.90. The number of ether oxygens (including phenoxy) is 1. The molecule has 24 heavy (non-hydrogen) atoms. The molecule has 2 fully saturated rings. The summed E-state index contributed by atoms with van der Waals surface area (Å²) in [4.78, 5) is 25.7. The van der Waals surface area contributed by atoms with Crippen LogP contribution < -0.4 is 5.73 Å². The Morgan fingerprint density at radius 3 is 2.46 bits per heavy atom. The Bertz CT molecular complexity index is 624. The molecule has 6 heteroatoms. The Morgan fingerprint density at radius 1 is 1.29 bits per heavy atom. The third kappa shape index (κ3) is 3.43. The SMILES string of the molecule is C[C@@H](c1ccc(Br)cc1)N1CCC2(CCC(C(N)=O)CC2)OC1=O. The third-order valence-electron chi connectivity index (χ3n) is 5.47. The first-order chi connectivity index (χ1) is 11.4. The van der Waals surface area contributed by atoms with Crippen molar-refractivity contribution in [3.05, 3.63) is 34.3 Å². The lowest BCUT2D eigenvalue weighted by atomic mass is 9.76. The number of amides is 2. The molecule has 2 aliphatic rings. The number of hydrogen-bond donors (Lipinski definition) is 1. The number of benzene rings is 1. The highest BCUT2D eigenvalue weighted by Crippen LogP contribution is 2.41. The molecule has 1 spiro atoms. The molecule has 1 saturated heterocycles. The van der Waals surface area contributed by atoms with Crippen LogP contribution in [0.3, 0.4) is 0 Å². The normalized spacial score (nSPS) is 28.5. The van der Waals surface area contributed by atoms with Crippen molar-refractivity contribution in [1.29, 1.82) is 0 Å². The van der Waals surface area contributed by atoms with E-state index in [1.807, 2.05) is 31.2 Å². The van der Waals surface area contributed by atoms with Gasteiger partial charge in [-0.3, -0.25) is 4.79 Å². The summed E-state index contributed by atoms with van der Waals surface area (Å²) in [6, 6.07) is 7.97. The van der Waals surface area contributed by atoms with Gasteiger partial charge >= 0.3 is 6.09 Å². The first kappa shape index (κ1) is 17.3. The molecule has 1 heterocycles. The van der Waals surface area contributed by atoms with Gasteiger partial charge in [0.1, 0.15) is 5.60 Å². The number of carbonyl (C=O) groups excluding carboxylic acids is 2. The number of primary amides is 1. The monoisotopic (exact) mass is 394 g/mol. The van der Waals surface area contributed by atoms with E-state index in [1.165, 1.54) is 0 Å². The van der Waals surface area contributed by atoms with Crippen molar-refractivity contribution < 1.29 is 14.3 Å². The Balaban J connectivity index is 1.64. The van der Waals surface area contributed by atoms with E-state index in [-0.39, 0.29) is 24.0 Å². The summed E-state index contributed by atoms with van der Waals surface area (Å²) >= 11 is 3.43. The molecule has 2 N–H and O–H groups in total. The number of halogens is 1. The molecule has 0 radical (unpaired) electrons. The zero-order valence-electron chi connectivity index (χ0n) is 13.8. The van der Waals surface area contributed by atoms with Gasteiger partial charge in [-0.2, -0.15) is 0 Å². The predicted molar refractivity (Wildman–Crippen MR) is 94.2 cm³/mol. The molecule has 1 aliphatic carbocycles. The van der Waals surface area contributed by atoms with Crippen LogP contribution in [-0.4, -0.2) is 29.0 Å². The topological polar surface area (TPSA) is 72.6 Å². The first-order valence-corrected chi connectivity index (χ1v) is 9.24. The van der Waals surface area contributed by atoms with Gasteiger partial charge in [-0.1, -0.05) is 28.1 Å². The van der Waals surface area contributed by atoms with Crippen molar-refractivity contribution in [3.63, 3.8) is 0 Å². The average Bonchev–Trinajstić information content (AvgIpc) is 2.55. The minimum atomic E-state index is -0.404. The molecule has 130 valence electrons. The molecule has 2 amide bonds. The fourth-order valence-electron chi connectivity index (χ4n) is 3.76. The highest BCUT2D eigenvalue weighted by molar-refractivity contribution is 9.10. The standard InChI is InChI=1S/C18H23BrN2O3/c1-12(13-2-4-15(19)5-3-13)21-11-10-18(24-17(21)23)8-6-14(7-9-18)16(20)22/h2-5,12,14H,6-11H2,1H3,(H2,20,22)/t12-,14?,18?/m0/s1. The van der Waals surface area contributed by atoms with Gasteiger partial charge in [0.25, 0.3) is 0 Å². The van der Waals surface area contributed by atoms with Crippen LogP contribution in [0.15, 0.2) is 28.7 Å². The van der Waals surface area contributed by atoms with Gasteiger partial charge in [0.05, 0.1) is 6.04 Å². The molecule has 1 aliphatic heterocycles. The van der Waals surface area contributed by atoms with E-state index in [2.05, 4.69) is 15.9 Å². The molecule has 3 rings (SSSR count). The van der Waals surface area contributed by atoms with Crippen LogP contribution in [0.4, 0.5) is 4.79 Å². The molecule has 1 aromatic rings. The van der Waals surface area contributed by atoms with Crippen molar-refractivity contribution in [2.45, 2.75) is 50.7 Å². The van der Waals surface area contributed by atoms with Gasteiger partial charge in [0.15, 0.2) is 0 Å². The molecule has 1 saturated carbocycles. The summed E-state index contributed by atoms with van der Waals surface area (Å²) in [5.41, 5.74) is 6.07. The van der Waals surface area contributed by atoms with Crippen LogP contribution in [0.2, 0.25) is 0 Å². The van der Waals surface area contributed by atoms with E-state index in [4.69, 9.17) is 10.5 Å². The van der Waals surface area contributed by atoms with Crippen molar-refractivity contribution in [2.75, 3.05) is 6.54 Å². The third-order valence-corrected chi connectivity index (χ3v) is 5.99. The maximum Gasteiger partial charge on any atom is 0.410 e. The Morgan fingerprint density at radius 2 is 1.92 bits per heavy atom. The maximum absolute atomic E-state index is 12.6. The lowest BCUT2D eigenvalue weighted by Crippen LogP contribution is -2.52. The summed E-state index contributed by atoms with van der Waals surface area (Å²) in [7, 11) is 0. The summed E-state index contributed by atoms with van der Waals surface area (Å²) in [5.74, 6) is -0.313. The lowest BCUT2D eigenvalue weighted by Gasteiger charge is -2.46. The molecule has 1 atom stereocenters. The van der Waals surface area contributed by atoms with Crippen molar-refractivity contribution in [2.24, 2.45) is 11.7 Å². The fraction of sp³-hybridized carbons (Fsp3) is 0.556. The quantitative estimate of drug-likeness (QED) is 0.847. The molecule has 1 aromatic carbocycles. The van der Waals surface area contributed by atoms with Crippen LogP contribution in [0, 0.1) is 5.92 Å². The van der Waals surface area contributed by atoms with Crippen LogP contribution in [0.25, 0.3) is 0 Å². The molecule has 5 nitrogen and oxygen atoms in total. The summed E-state index contributed by atoms with van der Waals surface area (Å²) in [5, 5.41) is 0.